The molecule has 1 heterocycles. The second-order valence-corrected chi connectivity index (χ2v) is 9.49. The first kappa shape index (κ1) is 26.1. The molecule has 1 atom stereocenters. The highest BCUT2D eigenvalue weighted by atomic mass is 35.5. The predicted molar refractivity (Wildman–Crippen MR) is 138 cm³/mol. The fourth-order valence-electron chi connectivity index (χ4n) is 3.54. The number of aryl methyl sites for hydroxylation is 2. The topological polar surface area (TPSA) is 88.9 Å². The van der Waals surface area contributed by atoms with Gasteiger partial charge in [-0.3, -0.25) is 9.59 Å². The van der Waals surface area contributed by atoms with E-state index in [1.165, 1.54) is 17.8 Å². The van der Waals surface area contributed by atoms with Crippen LogP contribution in [0.2, 0.25) is 10.0 Å². The van der Waals surface area contributed by atoms with Crippen LogP contribution in [0.1, 0.15) is 54.1 Å². The standard InChI is InChI=1S/C24H27Cl2N5O2S/c1-5-16-9-7-8-14(3)21(16)28-20(32)13-34-24-30-29-22(31(24)6-2)15(4)27-23(33)18-11-10-17(25)12-19(18)26/h7-12,15H,5-6,13H2,1-4H3,(H,27,33)(H,28,32)/t15-/m1/s1. The molecular weight excluding hydrogens is 493 g/mol. The van der Waals surface area contributed by atoms with Crippen molar-refractivity contribution in [1.82, 2.24) is 20.1 Å². The molecule has 0 fully saturated rings. The molecule has 10 heteroatoms. The molecule has 0 saturated heterocycles. The van der Waals surface area contributed by atoms with E-state index < -0.39 is 6.04 Å². The number of carbonyl (C=O) groups is 2. The lowest BCUT2D eigenvalue weighted by molar-refractivity contribution is -0.113. The van der Waals surface area contributed by atoms with Gasteiger partial charge in [0, 0.05) is 17.3 Å². The average Bonchev–Trinajstić information content (AvgIpc) is 3.22. The quantitative estimate of drug-likeness (QED) is 0.354. The number of nitrogens with one attached hydrogen (secondary N) is 2. The molecule has 7 nitrogen and oxygen atoms in total. The van der Waals surface area contributed by atoms with Crippen molar-refractivity contribution in [3.63, 3.8) is 0 Å². The predicted octanol–water partition coefficient (Wildman–Crippen LogP) is 5.70. The van der Waals surface area contributed by atoms with Crippen molar-refractivity contribution in [2.45, 2.75) is 51.9 Å². The van der Waals surface area contributed by atoms with Crippen LogP contribution in [0.15, 0.2) is 41.6 Å². The molecular formula is C24H27Cl2N5O2S. The molecule has 3 aromatic rings. The third-order valence-corrected chi connectivity index (χ3v) is 6.82. The lowest BCUT2D eigenvalue weighted by Gasteiger charge is -2.16. The summed E-state index contributed by atoms with van der Waals surface area (Å²) in [4.78, 5) is 25.3. The zero-order chi connectivity index (χ0) is 24.8. The van der Waals surface area contributed by atoms with Gasteiger partial charge in [-0.25, -0.2) is 0 Å². The number of amides is 2. The van der Waals surface area contributed by atoms with Crippen LogP contribution in [-0.4, -0.2) is 32.3 Å². The van der Waals surface area contributed by atoms with E-state index in [0.717, 1.165) is 23.2 Å². The van der Waals surface area contributed by atoms with Gasteiger partial charge in [0.1, 0.15) is 0 Å². The Labute approximate surface area is 213 Å². The SMILES string of the molecule is CCc1cccc(C)c1NC(=O)CSc1nnc([C@@H](C)NC(=O)c2ccc(Cl)cc2Cl)n1CC. The highest BCUT2D eigenvalue weighted by Crippen LogP contribution is 2.25. The molecule has 0 bridgehead atoms. The summed E-state index contributed by atoms with van der Waals surface area (Å²) in [6.45, 7) is 8.41. The van der Waals surface area contributed by atoms with Crippen molar-refractivity contribution < 1.29 is 9.59 Å². The maximum absolute atomic E-state index is 12.7. The largest absolute Gasteiger partial charge is 0.342 e. The molecule has 0 aliphatic heterocycles. The van der Waals surface area contributed by atoms with Crippen molar-refractivity contribution in [3.05, 3.63) is 69.0 Å². The molecule has 180 valence electrons. The lowest BCUT2D eigenvalue weighted by Crippen LogP contribution is -2.29. The summed E-state index contributed by atoms with van der Waals surface area (Å²) in [6, 6.07) is 10.3. The number of aromatic nitrogens is 3. The van der Waals surface area contributed by atoms with E-state index in [9.17, 15) is 9.59 Å². The van der Waals surface area contributed by atoms with Gasteiger partial charge in [0.25, 0.3) is 5.91 Å². The van der Waals surface area contributed by atoms with Gasteiger partial charge in [-0.15, -0.1) is 10.2 Å². The zero-order valence-corrected chi connectivity index (χ0v) is 21.8. The molecule has 0 spiro atoms. The first-order valence-corrected chi connectivity index (χ1v) is 12.7. The third kappa shape index (κ3) is 6.11. The van der Waals surface area contributed by atoms with E-state index in [-0.39, 0.29) is 22.6 Å². The Balaban J connectivity index is 1.67. The molecule has 2 N–H and O–H groups in total. The van der Waals surface area contributed by atoms with Gasteiger partial charge in [0.05, 0.1) is 22.4 Å². The summed E-state index contributed by atoms with van der Waals surface area (Å²) < 4.78 is 1.89. The van der Waals surface area contributed by atoms with Gasteiger partial charge >= 0.3 is 0 Å². The van der Waals surface area contributed by atoms with Gasteiger partial charge in [0.15, 0.2) is 11.0 Å². The number of anilines is 1. The van der Waals surface area contributed by atoms with Crippen LogP contribution in [0.5, 0.6) is 0 Å². The van der Waals surface area contributed by atoms with E-state index >= 15 is 0 Å². The zero-order valence-electron chi connectivity index (χ0n) is 19.5. The number of thioether (sulfide) groups is 1. The Kier molecular flexibility index (Phi) is 8.99. The van der Waals surface area contributed by atoms with Crippen molar-refractivity contribution in [2.24, 2.45) is 0 Å². The molecule has 0 radical (unpaired) electrons. The molecule has 0 unspecified atom stereocenters. The Morgan fingerprint density at radius 3 is 2.59 bits per heavy atom. The maximum Gasteiger partial charge on any atom is 0.253 e. The first-order chi connectivity index (χ1) is 16.2. The van der Waals surface area contributed by atoms with Crippen LogP contribution < -0.4 is 10.6 Å². The van der Waals surface area contributed by atoms with Crippen LogP contribution in [0, 0.1) is 6.92 Å². The highest BCUT2D eigenvalue weighted by Gasteiger charge is 2.21. The molecule has 34 heavy (non-hydrogen) atoms. The van der Waals surface area contributed by atoms with E-state index in [1.54, 1.807) is 12.1 Å². The summed E-state index contributed by atoms with van der Waals surface area (Å²) in [7, 11) is 0. The second kappa shape index (κ2) is 11.7. The van der Waals surface area contributed by atoms with Gasteiger partial charge in [-0.2, -0.15) is 0 Å². The van der Waals surface area contributed by atoms with Crippen molar-refractivity contribution in [3.8, 4) is 0 Å². The first-order valence-electron chi connectivity index (χ1n) is 10.9. The molecule has 0 saturated carbocycles. The van der Waals surface area contributed by atoms with Crippen LogP contribution in [0.25, 0.3) is 0 Å². The third-order valence-electron chi connectivity index (χ3n) is 5.31. The number of hydrogen-bond donors (Lipinski definition) is 2. The Morgan fingerprint density at radius 2 is 1.91 bits per heavy atom. The fourth-order valence-corrected chi connectivity index (χ4v) is 4.85. The summed E-state index contributed by atoms with van der Waals surface area (Å²) in [5.41, 5.74) is 3.32. The number of hydrogen-bond acceptors (Lipinski definition) is 5. The summed E-state index contributed by atoms with van der Waals surface area (Å²) in [5.74, 6) is 0.339. The van der Waals surface area contributed by atoms with Crippen LogP contribution in [-0.2, 0) is 17.8 Å². The molecule has 0 aliphatic carbocycles. The minimum Gasteiger partial charge on any atom is -0.342 e. The van der Waals surface area contributed by atoms with Crippen molar-refractivity contribution in [1.29, 1.82) is 0 Å². The number of rotatable bonds is 9. The van der Waals surface area contributed by atoms with Gasteiger partial charge in [-0.1, -0.05) is 60.1 Å². The smallest absolute Gasteiger partial charge is 0.253 e. The second-order valence-electron chi connectivity index (χ2n) is 7.70. The van der Waals surface area contributed by atoms with Gasteiger partial charge in [0.2, 0.25) is 5.91 Å². The Morgan fingerprint density at radius 1 is 1.15 bits per heavy atom. The number of para-hydroxylation sites is 1. The fraction of sp³-hybridized carbons (Fsp3) is 0.333. The minimum absolute atomic E-state index is 0.111. The number of carbonyl (C=O) groups excluding carboxylic acids is 2. The van der Waals surface area contributed by atoms with Gasteiger partial charge in [-0.05, 0) is 56.5 Å². The summed E-state index contributed by atoms with van der Waals surface area (Å²) in [5, 5.41) is 15.8. The van der Waals surface area contributed by atoms with Crippen LogP contribution in [0.3, 0.4) is 0 Å². The van der Waals surface area contributed by atoms with E-state index in [1.807, 2.05) is 43.5 Å². The van der Waals surface area contributed by atoms with Crippen LogP contribution >= 0.6 is 35.0 Å². The molecule has 0 aliphatic rings. The molecule has 1 aromatic heterocycles. The van der Waals surface area contributed by atoms with Crippen molar-refractivity contribution >= 4 is 52.5 Å². The minimum atomic E-state index is -0.422. The van der Waals surface area contributed by atoms with Gasteiger partial charge < -0.3 is 15.2 Å². The normalized spacial score (nSPS) is 11.8. The van der Waals surface area contributed by atoms with E-state index in [4.69, 9.17) is 23.2 Å². The number of nitrogens with zero attached hydrogens (tertiary/aromatic N) is 3. The highest BCUT2D eigenvalue weighted by molar-refractivity contribution is 7.99. The van der Waals surface area contributed by atoms with E-state index in [0.29, 0.717) is 28.1 Å². The molecule has 2 aromatic carbocycles. The Bertz CT molecular complexity index is 1200. The Hall–Kier alpha value is -2.55. The maximum atomic E-state index is 12.7. The number of benzene rings is 2. The molecule has 3 rings (SSSR count). The monoisotopic (exact) mass is 519 g/mol. The number of halogens is 2. The average molecular weight is 520 g/mol. The van der Waals surface area contributed by atoms with Crippen LogP contribution in [0.4, 0.5) is 5.69 Å². The summed E-state index contributed by atoms with van der Waals surface area (Å²) >= 11 is 13.4. The summed E-state index contributed by atoms with van der Waals surface area (Å²) in [6.07, 6.45) is 0.836. The van der Waals surface area contributed by atoms with E-state index in [2.05, 4.69) is 27.8 Å². The molecule has 2 amide bonds. The lowest BCUT2D eigenvalue weighted by atomic mass is 10.1. The van der Waals surface area contributed by atoms with Crippen molar-refractivity contribution in [2.75, 3.05) is 11.1 Å².